The Morgan fingerprint density at radius 1 is 1.10 bits per heavy atom. The standard InChI is InChI=1S/C21H21N5O4S/c1-24-16(9-11-23-24)21(27)25-13-17-18(14-25)30-20-19(8-5-10-22-20)31(28,29)26(17)12-15-6-3-2-4-7-15/h2-11,17-18H,12-14H2,1H3. The molecule has 160 valence electrons. The first kappa shape index (κ1) is 19.7. The van der Waals surface area contributed by atoms with Crippen LogP contribution in [0.15, 0.2) is 65.8 Å². The monoisotopic (exact) mass is 439 g/mol. The lowest BCUT2D eigenvalue weighted by atomic mass is 10.1. The largest absolute Gasteiger partial charge is 0.470 e. The molecule has 2 atom stereocenters. The van der Waals surface area contributed by atoms with E-state index in [-0.39, 0.29) is 36.3 Å². The lowest BCUT2D eigenvalue weighted by Gasteiger charge is -2.28. The van der Waals surface area contributed by atoms with Crippen LogP contribution in [0.25, 0.3) is 0 Å². The van der Waals surface area contributed by atoms with Gasteiger partial charge in [0.1, 0.15) is 16.7 Å². The van der Waals surface area contributed by atoms with Gasteiger partial charge in [-0.15, -0.1) is 0 Å². The highest BCUT2D eigenvalue weighted by atomic mass is 32.2. The van der Waals surface area contributed by atoms with Gasteiger partial charge in [0.15, 0.2) is 0 Å². The van der Waals surface area contributed by atoms with Gasteiger partial charge in [-0.3, -0.25) is 9.48 Å². The minimum absolute atomic E-state index is 0.0462. The SMILES string of the molecule is Cn1nccc1C(=O)N1CC2Oc3ncccc3S(=O)(=O)N(Cc3ccccc3)C2C1. The molecule has 0 radical (unpaired) electrons. The maximum atomic E-state index is 13.6. The number of amides is 1. The molecule has 1 saturated heterocycles. The van der Waals surface area contributed by atoms with Crippen molar-refractivity contribution in [2.45, 2.75) is 23.6 Å². The molecule has 2 unspecified atom stereocenters. The Hall–Kier alpha value is -3.24. The molecule has 1 aromatic carbocycles. The summed E-state index contributed by atoms with van der Waals surface area (Å²) in [4.78, 5) is 18.9. The van der Waals surface area contributed by atoms with E-state index in [1.165, 1.54) is 21.3 Å². The van der Waals surface area contributed by atoms with E-state index in [9.17, 15) is 13.2 Å². The molecule has 0 spiro atoms. The highest BCUT2D eigenvalue weighted by Gasteiger charge is 2.48. The summed E-state index contributed by atoms with van der Waals surface area (Å²) in [5.74, 6) is -0.141. The lowest BCUT2D eigenvalue weighted by molar-refractivity contribution is 0.0759. The molecule has 9 nitrogen and oxygen atoms in total. The van der Waals surface area contributed by atoms with Crippen LogP contribution in [0.3, 0.4) is 0 Å². The van der Waals surface area contributed by atoms with Gasteiger partial charge >= 0.3 is 0 Å². The Morgan fingerprint density at radius 3 is 2.65 bits per heavy atom. The Balaban J connectivity index is 1.54. The van der Waals surface area contributed by atoms with E-state index in [0.29, 0.717) is 5.69 Å². The molecule has 0 saturated carbocycles. The van der Waals surface area contributed by atoms with Gasteiger partial charge < -0.3 is 9.64 Å². The minimum Gasteiger partial charge on any atom is -0.470 e. The third-order valence-electron chi connectivity index (χ3n) is 5.70. The number of likely N-dealkylation sites (tertiary alicyclic amines) is 1. The van der Waals surface area contributed by atoms with E-state index in [4.69, 9.17) is 4.74 Å². The number of benzene rings is 1. The average Bonchev–Trinajstić information content (AvgIpc) is 3.37. The van der Waals surface area contributed by atoms with E-state index in [1.54, 1.807) is 30.3 Å². The molecule has 31 heavy (non-hydrogen) atoms. The van der Waals surface area contributed by atoms with E-state index in [2.05, 4.69) is 10.1 Å². The molecule has 0 bridgehead atoms. The van der Waals surface area contributed by atoms with Gasteiger partial charge in [-0.2, -0.15) is 9.40 Å². The molecule has 1 fully saturated rings. The summed E-state index contributed by atoms with van der Waals surface area (Å²) in [5, 5.41) is 4.06. The smallest absolute Gasteiger partial charge is 0.272 e. The summed E-state index contributed by atoms with van der Waals surface area (Å²) < 4.78 is 36.3. The number of pyridine rings is 1. The Bertz CT molecular complexity index is 1230. The van der Waals surface area contributed by atoms with Crippen LogP contribution in [-0.2, 0) is 23.6 Å². The summed E-state index contributed by atoms with van der Waals surface area (Å²) in [5.41, 5.74) is 1.29. The number of rotatable bonds is 3. The molecule has 0 N–H and O–H groups in total. The van der Waals surface area contributed by atoms with Crippen molar-refractivity contribution in [2.75, 3.05) is 13.1 Å². The summed E-state index contributed by atoms with van der Waals surface area (Å²) in [6.07, 6.45) is 2.53. The van der Waals surface area contributed by atoms with E-state index < -0.39 is 22.2 Å². The number of carbonyl (C=O) groups is 1. The Morgan fingerprint density at radius 2 is 1.90 bits per heavy atom. The maximum Gasteiger partial charge on any atom is 0.272 e. The van der Waals surface area contributed by atoms with Crippen LogP contribution in [0, 0.1) is 0 Å². The van der Waals surface area contributed by atoms with Crippen LogP contribution in [0.2, 0.25) is 0 Å². The highest BCUT2D eigenvalue weighted by molar-refractivity contribution is 7.89. The highest BCUT2D eigenvalue weighted by Crippen LogP contribution is 2.36. The molecular weight excluding hydrogens is 418 g/mol. The van der Waals surface area contributed by atoms with Crippen molar-refractivity contribution in [3.05, 3.63) is 72.2 Å². The van der Waals surface area contributed by atoms with Gasteiger partial charge in [0.05, 0.1) is 12.6 Å². The second-order valence-corrected chi connectivity index (χ2v) is 9.48. The van der Waals surface area contributed by atoms with E-state index >= 15 is 0 Å². The Kier molecular flexibility index (Phi) is 4.75. The molecule has 0 aliphatic carbocycles. The number of hydrogen-bond acceptors (Lipinski definition) is 6. The summed E-state index contributed by atoms with van der Waals surface area (Å²) in [7, 11) is -2.19. The number of ether oxygens (including phenoxy) is 1. The van der Waals surface area contributed by atoms with Gasteiger partial charge in [-0.1, -0.05) is 30.3 Å². The number of aromatic nitrogens is 3. The zero-order chi connectivity index (χ0) is 21.6. The Labute approximate surface area is 179 Å². The summed E-state index contributed by atoms with van der Waals surface area (Å²) in [6.45, 7) is 0.649. The second kappa shape index (κ2) is 7.47. The number of nitrogens with zero attached hydrogens (tertiary/aromatic N) is 5. The second-order valence-electron chi connectivity index (χ2n) is 7.62. The minimum atomic E-state index is -3.89. The van der Waals surface area contributed by atoms with Crippen LogP contribution >= 0.6 is 0 Å². The molecule has 10 heteroatoms. The van der Waals surface area contributed by atoms with E-state index in [0.717, 1.165) is 5.56 Å². The van der Waals surface area contributed by atoms with E-state index in [1.807, 2.05) is 30.3 Å². The summed E-state index contributed by atoms with van der Waals surface area (Å²) >= 11 is 0. The normalized spacial score (nSPS) is 22.3. The van der Waals surface area contributed by atoms with Gasteiger partial charge in [0.25, 0.3) is 5.91 Å². The zero-order valence-corrected chi connectivity index (χ0v) is 17.6. The fourth-order valence-electron chi connectivity index (χ4n) is 4.14. The molecule has 4 heterocycles. The molecule has 1 amide bonds. The number of sulfonamides is 1. The number of aryl methyl sites for hydroxylation is 1. The van der Waals surface area contributed by atoms with Crippen LogP contribution in [0.5, 0.6) is 5.88 Å². The third kappa shape index (κ3) is 3.37. The number of hydrogen-bond donors (Lipinski definition) is 0. The van der Waals surface area contributed by atoms with Gasteiger partial charge in [0, 0.05) is 32.5 Å². The van der Waals surface area contributed by atoms with Crippen LogP contribution < -0.4 is 4.74 Å². The lowest BCUT2D eigenvalue weighted by Crippen LogP contribution is -2.46. The zero-order valence-electron chi connectivity index (χ0n) is 16.8. The van der Waals surface area contributed by atoms with Crippen LogP contribution in [0.4, 0.5) is 0 Å². The molecule has 2 aliphatic heterocycles. The molecule has 5 rings (SSSR count). The quantitative estimate of drug-likeness (QED) is 0.610. The molecule has 2 aromatic heterocycles. The molecule has 2 aliphatic rings. The first-order valence-corrected chi connectivity index (χ1v) is 11.3. The first-order chi connectivity index (χ1) is 14.9. The fraction of sp³-hybridized carbons (Fsp3) is 0.286. The molecular formula is C21H21N5O4S. The van der Waals surface area contributed by atoms with Gasteiger partial charge in [-0.05, 0) is 23.8 Å². The average molecular weight is 439 g/mol. The number of fused-ring (bicyclic) bond motifs is 2. The predicted molar refractivity (Wildman–Crippen MR) is 111 cm³/mol. The maximum absolute atomic E-state index is 13.6. The number of carbonyl (C=O) groups excluding carboxylic acids is 1. The fourth-order valence-corrected chi connectivity index (χ4v) is 5.84. The van der Waals surface area contributed by atoms with Crippen LogP contribution in [-0.4, -0.2) is 63.5 Å². The van der Waals surface area contributed by atoms with Crippen molar-refractivity contribution in [1.29, 1.82) is 0 Å². The van der Waals surface area contributed by atoms with Gasteiger partial charge in [-0.25, -0.2) is 13.4 Å². The van der Waals surface area contributed by atoms with Crippen molar-refractivity contribution >= 4 is 15.9 Å². The topological polar surface area (TPSA) is 97.6 Å². The first-order valence-electron chi connectivity index (χ1n) is 9.90. The van der Waals surface area contributed by atoms with Crippen molar-refractivity contribution in [2.24, 2.45) is 7.05 Å². The van der Waals surface area contributed by atoms with Crippen molar-refractivity contribution in [3.63, 3.8) is 0 Å². The van der Waals surface area contributed by atoms with Crippen molar-refractivity contribution in [1.82, 2.24) is 24.0 Å². The van der Waals surface area contributed by atoms with Gasteiger partial charge in [0.2, 0.25) is 15.9 Å². The third-order valence-corrected chi connectivity index (χ3v) is 7.59. The van der Waals surface area contributed by atoms with Crippen molar-refractivity contribution < 1.29 is 17.9 Å². The molecule has 3 aromatic rings. The predicted octanol–water partition coefficient (Wildman–Crippen LogP) is 1.29. The summed E-state index contributed by atoms with van der Waals surface area (Å²) in [6, 6.07) is 13.6. The van der Waals surface area contributed by atoms with Crippen LogP contribution in [0.1, 0.15) is 16.1 Å². The van der Waals surface area contributed by atoms with Crippen molar-refractivity contribution in [3.8, 4) is 5.88 Å².